The number of nitrogens with two attached hydrogens (primary N) is 1. The van der Waals surface area contributed by atoms with Crippen LogP contribution in [0.15, 0.2) is 43.0 Å². The van der Waals surface area contributed by atoms with Gasteiger partial charge in [0.05, 0.1) is 17.6 Å². The Morgan fingerprint density at radius 2 is 1.94 bits per heavy atom. The Morgan fingerprint density at radius 3 is 2.71 bits per heavy atom. The second kappa shape index (κ2) is 7.97. The number of nitrogens with zero attached hydrogens (tertiary/aromatic N) is 7. The van der Waals surface area contributed by atoms with E-state index in [-0.39, 0.29) is 17.9 Å². The summed E-state index contributed by atoms with van der Waals surface area (Å²) in [5, 5.41) is 8.21. The average molecular weight is 467 g/mol. The standard InChI is InChI=1S/C22H20F3N9/c1-12-7-17(26)30-13(2)14(12)8-27-20-15-9-33(32-21(15)29-11-28-20)10-16-19(22(23,24)25)31-18-5-3-4-6-34(16)18/h3-7,9,11H,8,10H2,1-2H3,(H2,26,30)(H,27,28,29,32). The van der Waals surface area contributed by atoms with Crippen molar-refractivity contribution in [2.24, 2.45) is 0 Å². The molecule has 0 atom stereocenters. The first kappa shape index (κ1) is 21.6. The number of fused-ring (bicyclic) bond motifs is 2. The summed E-state index contributed by atoms with van der Waals surface area (Å²) in [7, 11) is 0. The van der Waals surface area contributed by atoms with Crippen molar-refractivity contribution in [1.82, 2.24) is 34.1 Å². The molecule has 5 heterocycles. The van der Waals surface area contributed by atoms with Gasteiger partial charge in [0.1, 0.15) is 23.6 Å². The van der Waals surface area contributed by atoms with E-state index in [2.05, 4.69) is 30.4 Å². The summed E-state index contributed by atoms with van der Waals surface area (Å²) in [5.74, 6) is 0.969. The summed E-state index contributed by atoms with van der Waals surface area (Å²) >= 11 is 0. The molecule has 174 valence electrons. The Labute approximate surface area is 191 Å². The lowest BCUT2D eigenvalue weighted by Crippen LogP contribution is -2.13. The molecule has 0 bridgehead atoms. The zero-order valence-corrected chi connectivity index (χ0v) is 18.3. The van der Waals surface area contributed by atoms with E-state index in [9.17, 15) is 13.2 Å². The lowest BCUT2D eigenvalue weighted by atomic mass is 10.1. The third-order valence-electron chi connectivity index (χ3n) is 5.58. The Hall–Kier alpha value is -4.22. The molecule has 5 rings (SSSR count). The predicted molar refractivity (Wildman–Crippen MR) is 120 cm³/mol. The molecule has 0 aromatic carbocycles. The fourth-order valence-corrected chi connectivity index (χ4v) is 4.01. The smallest absolute Gasteiger partial charge is 0.384 e. The molecule has 0 saturated carbocycles. The van der Waals surface area contributed by atoms with E-state index < -0.39 is 11.9 Å². The van der Waals surface area contributed by atoms with Crippen molar-refractivity contribution in [2.75, 3.05) is 11.1 Å². The third-order valence-corrected chi connectivity index (χ3v) is 5.58. The molecule has 5 aromatic rings. The van der Waals surface area contributed by atoms with E-state index in [1.54, 1.807) is 30.6 Å². The first-order valence-corrected chi connectivity index (χ1v) is 10.4. The molecule has 0 spiro atoms. The number of nitrogens with one attached hydrogen (secondary N) is 1. The highest BCUT2D eigenvalue weighted by molar-refractivity contribution is 5.85. The number of anilines is 2. The Bertz CT molecular complexity index is 1490. The quantitative estimate of drug-likeness (QED) is 0.405. The van der Waals surface area contributed by atoms with Gasteiger partial charge >= 0.3 is 6.18 Å². The van der Waals surface area contributed by atoms with Crippen LogP contribution in [0.2, 0.25) is 0 Å². The molecule has 0 aliphatic rings. The molecular weight excluding hydrogens is 447 g/mol. The number of halogens is 3. The van der Waals surface area contributed by atoms with E-state index in [4.69, 9.17) is 5.73 Å². The van der Waals surface area contributed by atoms with Gasteiger partial charge < -0.3 is 15.5 Å². The number of rotatable bonds is 5. The van der Waals surface area contributed by atoms with Crippen LogP contribution in [-0.2, 0) is 19.3 Å². The second-order valence-corrected chi connectivity index (χ2v) is 7.90. The van der Waals surface area contributed by atoms with E-state index in [1.165, 1.54) is 21.5 Å². The average Bonchev–Trinajstić information content (AvgIpc) is 3.35. The SMILES string of the molecule is Cc1cc(N)nc(C)c1CNc1ncnc2nn(Cc3c(C(F)(F)F)nc4ccccn34)cc12. The normalized spacial score (nSPS) is 12.0. The number of hydrogen-bond donors (Lipinski definition) is 2. The van der Waals surface area contributed by atoms with Crippen molar-refractivity contribution in [3.63, 3.8) is 0 Å². The number of hydrogen-bond acceptors (Lipinski definition) is 7. The van der Waals surface area contributed by atoms with E-state index >= 15 is 0 Å². The highest BCUT2D eigenvalue weighted by atomic mass is 19.4. The third kappa shape index (κ3) is 3.87. The van der Waals surface area contributed by atoms with E-state index in [0.29, 0.717) is 29.2 Å². The van der Waals surface area contributed by atoms with Gasteiger partial charge in [-0.05, 0) is 43.2 Å². The predicted octanol–water partition coefficient (Wildman–Crippen LogP) is 3.75. The van der Waals surface area contributed by atoms with Crippen molar-refractivity contribution in [3.05, 3.63) is 71.2 Å². The summed E-state index contributed by atoms with van der Waals surface area (Å²) in [4.78, 5) is 16.5. The maximum atomic E-state index is 13.7. The largest absolute Gasteiger partial charge is 0.435 e. The molecule has 9 nitrogen and oxygen atoms in total. The zero-order chi connectivity index (χ0) is 24.0. The number of aromatic nitrogens is 7. The van der Waals surface area contributed by atoms with Gasteiger partial charge in [-0.2, -0.15) is 18.3 Å². The monoisotopic (exact) mass is 467 g/mol. The lowest BCUT2D eigenvalue weighted by Gasteiger charge is -2.12. The highest BCUT2D eigenvalue weighted by Crippen LogP contribution is 2.32. The van der Waals surface area contributed by atoms with Gasteiger partial charge in [-0.3, -0.25) is 4.68 Å². The number of pyridine rings is 2. The number of imidazole rings is 1. The fourth-order valence-electron chi connectivity index (χ4n) is 4.01. The second-order valence-electron chi connectivity index (χ2n) is 7.90. The maximum Gasteiger partial charge on any atom is 0.435 e. The summed E-state index contributed by atoms with van der Waals surface area (Å²) in [5.41, 5.74) is 8.20. The number of alkyl halides is 3. The van der Waals surface area contributed by atoms with Crippen molar-refractivity contribution in [2.45, 2.75) is 33.1 Å². The summed E-state index contributed by atoms with van der Waals surface area (Å²) in [6.07, 6.45) is -0.0586. The molecule has 3 N–H and O–H groups in total. The Balaban J connectivity index is 1.48. The topological polar surface area (TPSA) is 112 Å². The van der Waals surface area contributed by atoms with Gasteiger partial charge in [0.25, 0.3) is 0 Å². The van der Waals surface area contributed by atoms with Gasteiger partial charge in [0.2, 0.25) is 0 Å². The zero-order valence-electron chi connectivity index (χ0n) is 18.3. The van der Waals surface area contributed by atoms with Crippen LogP contribution < -0.4 is 11.1 Å². The minimum absolute atomic E-state index is 0.0161. The Morgan fingerprint density at radius 1 is 1.12 bits per heavy atom. The fraction of sp³-hybridized carbons (Fsp3) is 0.227. The molecule has 0 aliphatic heterocycles. The molecule has 0 fully saturated rings. The van der Waals surface area contributed by atoms with Crippen LogP contribution in [0, 0.1) is 13.8 Å². The molecular formula is C22H20F3N9. The minimum Gasteiger partial charge on any atom is -0.384 e. The van der Waals surface area contributed by atoms with Crippen LogP contribution >= 0.6 is 0 Å². The first-order chi connectivity index (χ1) is 16.2. The first-order valence-electron chi connectivity index (χ1n) is 10.4. The molecule has 0 saturated heterocycles. The van der Waals surface area contributed by atoms with Crippen LogP contribution in [0.25, 0.3) is 16.7 Å². The van der Waals surface area contributed by atoms with Gasteiger partial charge in [-0.1, -0.05) is 6.07 Å². The number of nitrogen functional groups attached to an aromatic ring is 1. The van der Waals surface area contributed by atoms with Gasteiger partial charge in [-0.25, -0.2) is 19.9 Å². The van der Waals surface area contributed by atoms with Crippen molar-refractivity contribution in [3.8, 4) is 0 Å². The molecule has 34 heavy (non-hydrogen) atoms. The van der Waals surface area contributed by atoms with Crippen LogP contribution in [0.5, 0.6) is 0 Å². The lowest BCUT2D eigenvalue weighted by molar-refractivity contribution is -0.141. The molecule has 0 amide bonds. The van der Waals surface area contributed by atoms with Gasteiger partial charge in [0, 0.05) is 24.6 Å². The molecule has 0 aliphatic carbocycles. The maximum absolute atomic E-state index is 13.7. The minimum atomic E-state index is -4.59. The van der Waals surface area contributed by atoms with Crippen molar-refractivity contribution < 1.29 is 13.2 Å². The molecule has 12 heteroatoms. The van der Waals surface area contributed by atoms with Crippen molar-refractivity contribution >= 4 is 28.3 Å². The van der Waals surface area contributed by atoms with E-state index in [1.807, 2.05) is 13.8 Å². The highest BCUT2D eigenvalue weighted by Gasteiger charge is 2.38. The summed E-state index contributed by atoms with van der Waals surface area (Å²) in [6.45, 7) is 4.12. The van der Waals surface area contributed by atoms with Gasteiger partial charge in [0.15, 0.2) is 11.3 Å². The van der Waals surface area contributed by atoms with Crippen LogP contribution in [-0.4, -0.2) is 34.1 Å². The Kier molecular flexibility index (Phi) is 5.07. The summed E-state index contributed by atoms with van der Waals surface area (Å²) in [6, 6.07) is 6.62. The summed E-state index contributed by atoms with van der Waals surface area (Å²) < 4.78 is 43.8. The molecule has 5 aromatic heterocycles. The number of aryl methyl sites for hydroxylation is 2. The van der Waals surface area contributed by atoms with E-state index in [0.717, 1.165) is 16.8 Å². The van der Waals surface area contributed by atoms with Crippen LogP contribution in [0.4, 0.5) is 24.8 Å². The van der Waals surface area contributed by atoms with Crippen LogP contribution in [0.3, 0.4) is 0 Å². The molecule has 0 unspecified atom stereocenters. The molecule has 0 radical (unpaired) electrons. The van der Waals surface area contributed by atoms with Crippen LogP contribution in [0.1, 0.15) is 28.2 Å². The van der Waals surface area contributed by atoms with Gasteiger partial charge in [-0.15, -0.1) is 0 Å². The van der Waals surface area contributed by atoms with Crippen molar-refractivity contribution in [1.29, 1.82) is 0 Å².